The molecule has 2 aliphatic carbocycles. The topological polar surface area (TPSA) is 0 Å². The Balaban J connectivity index is 2.24. The molecule has 13 heavy (non-hydrogen) atoms. The van der Waals surface area contributed by atoms with Crippen LogP contribution in [-0.4, -0.2) is 0 Å². The van der Waals surface area contributed by atoms with Gasteiger partial charge < -0.3 is 0 Å². The van der Waals surface area contributed by atoms with Crippen LogP contribution in [0.1, 0.15) is 33.1 Å². The van der Waals surface area contributed by atoms with Crippen LogP contribution in [0.4, 0.5) is 0 Å². The number of allylic oxidation sites excluding steroid dienone is 6. The molecule has 0 fully saturated rings. The molecule has 70 valence electrons. The zero-order chi connectivity index (χ0) is 9.26. The van der Waals surface area contributed by atoms with Crippen molar-refractivity contribution in [3.05, 3.63) is 35.5 Å². The maximum atomic E-state index is 2.43. The van der Waals surface area contributed by atoms with Gasteiger partial charge in [-0.1, -0.05) is 49.3 Å². The van der Waals surface area contributed by atoms with E-state index in [2.05, 4.69) is 38.2 Å². The summed E-state index contributed by atoms with van der Waals surface area (Å²) in [6, 6.07) is 0. The van der Waals surface area contributed by atoms with Gasteiger partial charge in [0, 0.05) is 5.92 Å². The molecule has 1 atom stereocenters. The highest BCUT2D eigenvalue weighted by Gasteiger charge is 2.23. The Labute approximate surface area is 81.0 Å². The molecule has 0 saturated heterocycles. The Morgan fingerprint density at radius 3 is 2.85 bits per heavy atom. The van der Waals surface area contributed by atoms with E-state index in [0.717, 1.165) is 18.3 Å². The predicted molar refractivity (Wildman–Crippen MR) is 57.5 cm³/mol. The molecule has 0 radical (unpaired) electrons. The van der Waals surface area contributed by atoms with Gasteiger partial charge in [-0.15, -0.1) is 0 Å². The van der Waals surface area contributed by atoms with E-state index in [9.17, 15) is 0 Å². The highest BCUT2D eigenvalue weighted by molar-refractivity contribution is 5.32. The van der Waals surface area contributed by atoms with Crippen molar-refractivity contribution in [1.29, 1.82) is 0 Å². The second-order valence-electron chi connectivity index (χ2n) is 4.34. The zero-order valence-corrected chi connectivity index (χ0v) is 8.59. The molecule has 0 saturated carbocycles. The number of hydrogen-bond acceptors (Lipinski definition) is 0. The van der Waals surface area contributed by atoms with Crippen LogP contribution in [0.3, 0.4) is 0 Å². The highest BCUT2D eigenvalue weighted by Crippen LogP contribution is 2.37. The smallest absolute Gasteiger partial charge is 0.00473 e. The third-order valence-electron chi connectivity index (χ3n) is 3.14. The molecule has 0 aromatic carbocycles. The molecule has 0 spiro atoms. The summed E-state index contributed by atoms with van der Waals surface area (Å²) in [6.07, 6.45) is 13.1. The lowest BCUT2D eigenvalue weighted by Crippen LogP contribution is -2.16. The van der Waals surface area contributed by atoms with E-state index >= 15 is 0 Å². The van der Waals surface area contributed by atoms with Gasteiger partial charge in [0.05, 0.1) is 0 Å². The molecule has 0 amide bonds. The van der Waals surface area contributed by atoms with Crippen LogP contribution in [-0.2, 0) is 0 Å². The van der Waals surface area contributed by atoms with Crippen molar-refractivity contribution in [1.82, 2.24) is 0 Å². The minimum absolute atomic E-state index is 0.722. The minimum atomic E-state index is 0.722. The monoisotopic (exact) mass is 174 g/mol. The van der Waals surface area contributed by atoms with Crippen molar-refractivity contribution in [2.24, 2.45) is 11.8 Å². The maximum Gasteiger partial charge on any atom is 0.00473 e. The van der Waals surface area contributed by atoms with Crippen molar-refractivity contribution >= 4 is 0 Å². The molecular formula is C13H18. The van der Waals surface area contributed by atoms with Gasteiger partial charge in [-0.3, -0.25) is 0 Å². The number of rotatable bonds is 1. The van der Waals surface area contributed by atoms with E-state index in [0.29, 0.717) is 0 Å². The molecule has 2 aliphatic rings. The van der Waals surface area contributed by atoms with E-state index in [1.54, 1.807) is 11.1 Å². The van der Waals surface area contributed by atoms with Crippen molar-refractivity contribution in [3.63, 3.8) is 0 Å². The Morgan fingerprint density at radius 2 is 2.08 bits per heavy atom. The Bertz CT molecular complexity index is 276. The van der Waals surface area contributed by atoms with Crippen LogP contribution in [0.2, 0.25) is 0 Å². The first-order valence-electron chi connectivity index (χ1n) is 5.33. The summed E-state index contributed by atoms with van der Waals surface area (Å²) in [6.45, 7) is 4.63. The van der Waals surface area contributed by atoms with Crippen LogP contribution in [0.5, 0.6) is 0 Å². The zero-order valence-electron chi connectivity index (χ0n) is 8.59. The van der Waals surface area contributed by atoms with Crippen molar-refractivity contribution < 1.29 is 0 Å². The summed E-state index contributed by atoms with van der Waals surface area (Å²) in [5, 5.41) is 0. The van der Waals surface area contributed by atoms with Crippen LogP contribution in [0, 0.1) is 11.8 Å². The van der Waals surface area contributed by atoms with Gasteiger partial charge in [0.15, 0.2) is 0 Å². The standard InChI is InChI=1S/C13H18/c1-10(2)12-9-5-7-11-6-3-4-8-13(11)12/h3-4,7,9-10,13H,5-6,8H2,1-2H3. The molecule has 0 heterocycles. The van der Waals surface area contributed by atoms with Crippen LogP contribution in [0.15, 0.2) is 35.5 Å². The average Bonchev–Trinajstić information content (AvgIpc) is 2.17. The largest absolute Gasteiger partial charge is 0.0873 e. The summed E-state index contributed by atoms with van der Waals surface area (Å²) in [5.41, 5.74) is 3.33. The first-order valence-corrected chi connectivity index (χ1v) is 5.33. The van der Waals surface area contributed by atoms with Crippen molar-refractivity contribution in [2.45, 2.75) is 33.1 Å². The van der Waals surface area contributed by atoms with Gasteiger partial charge in [0.1, 0.15) is 0 Å². The van der Waals surface area contributed by atoms with Gasteiger partial charge in [0.2, 0.25) is 0 Å². The van der Waals surface area contributed by atoms with E-state index in [-0.39, 0.29) is 0 Å². The minimum Gasteiger partial charge on any atom is -0.0873 e. The van der Waals surface area contributed by atoms with Crippen molar-refractivity contribution in [3.8, 4) is 0 Å². The van der Waals surface area contributed by atoms with Crippen LogP contribution in [0.25, 0.3) is 0 Å². The van der Waals surface area contributed by atoms with Crippen molar-refractivity contribution in [2.75, 3.05) is 0 Å². The van der Waals surface area contributed by atoms with E-state index in [1.165, 1.54) is 12.8 Å². The second kappa shape index (κ2) is 3.53. The van der Waals surface area contributed by atoms with Gasteiger partial charge in [-0.2, -0.15) is 0 Å². The SMILES string of the molecule is CC(C)C1=CCC=C2CC=CCC21. The van der Waals surface area contributed by atoms with Gasteiger partial charge in [-0.25, -0.2) is 0 Å². The predicted octanol–water partition coefficient (Wildman–Crippen LogP) is 3.87. The molecule has 1 unspecified atom stereocenters. The maximum absolute atomic E-state index is 2.43. The summed E-state index contributed by atoms with van der Waals surface area (Å²) in [5.74, 6) is 1.47. The Kier molecular flexibility index (Phi) is 2.39. The molecule has 0 aliphatic heterocycles. The molecule has 0 N–H and O–H groups in total. The molecule has 2 rings (SSSR count). The lowest BCUT2D eigenvalue weighted by atomic mass is 9.75. The van der Waals surface area contributed by atoms with E-state index in [1.807, 2.05) is 0 Å². The Hall–Kier alpha value is -0.780. The van der Waals surface area contributed by atoms with E-state index in [4.69, 9.17) is 0 Å². The molecular weight excluding hydrogens is 156 g/mol. The molecule has 0 aromatic rings. The summed E-state index contributed by atoms with van der Waals surface area (Å²) in [7, 11) is 0. The number of hydrogen-bond donors (Lipinski definition) is 0. The van der Waals surface area contributed by atoms with Gasteiger partial charge >= 0.3 is 0 Å². The summed E-state index contributed by atoms with van der Waals surface area (Å²) >= 11 is 0. The third kappa shape index (κ3) is 1.63. The average molecular weight is 174 g/mol. The van der Waals surface area contributed by atoms with Gasteiger partial charge in [-0.05, 0) is 25.2 Å². The molecule has 0 nitrogen and oxygen atoms in total. The first kappa shape index (κ1) is 8.80. The summed E-state index contributed by atoms with van der Waals surface area (Å²) < 4.78 is 0. The first-order chi connectivity index (χ1) is 6.29. The fourth-order valence-corrected chi connectivity index (χ4v) is 2.45. The normalized spacial score (nSPS) is 26.8. The fourth-order valence-electron chi connectivity index (χ4n) is 2.45. The van der Waals surface area contributed by atoms with E-state index < -0.39 is 0 Å². The molecule has 0 bridgehead atoms. The fraction of sp³-hybridized carbons (Fsp3) is 0.538. The Morgan fingerprint density at radius 1 is 1.23 bits per heavy atom. The third-order valence-corrected chi connectivity index (χ3v) is 3.14. The van der Waals surface area contributed by atoms with Gasteiger partial charge in [0.25, 0.3) is 0 Å². The lowest BCUT2D eigenvalue weighted by Gasteiger charge is -2.30. The van der Waals surface area contributed by atoms with Crippen LogP contribution < -0.4 is 0 Å². The highest BCUT2D eigenvalue weighted by atomic mass is 14.3. The molecule has 0 aromatic heterocycles. The quantitative estimate of drug-likeness (QED) is 0.529. The number of fused-ring (bicyclic) bond motifs is 1. The lowest BCUT2D eigenvalue weighted by molar-refractivity contribution is 0.578. The second-order valence-corrected chi connectivity index (χ2v) is 4.34. The molecule has 0 heteroatoms. The van der Waals surface area contributed by atoms with Crippen LogP contribution >= 0.6 is 0 Å². The summed E-state index contributed by atoms with van der Waals surface area (Å²) in [4.78, 5) is 0.